The van der Waals surface area contributed by atoms with E-state index in [1.54, 1.807) is 7.05 Å². The molecule has 2 rings (SSSR count). The Morgan fingerprint density at radius 2 is 2.16 bits per heavy atom. The van der Waals surface area contributed by atoms with E-state index in [0.29, 0.717) is 25.7 Å². The average Bonchev–Trinajstić information content (AvgIpc) is 2.42. The summed E-state index contributed by atoms with van der Waals surface area (Å²) in [6.45, 7) is 1.89. The molecule has 0 aromatic carbocycles. The lowest BCUT2D eigenvalue weighted by Gasteiger charge is -2.27. The maximum absolute atomic E-state index is 13.5. The summed E-state index contributed by atoms with van der Waals surface area (Å²) in [5, 5.41) is 0. The number of amides is 1. The quantitative estimate of drug-likeness (QED) is 0.787. The molecule has 1 amide bonds. The normalized spacial score (nSPS) is 16.4. The summed E-state index contributed by atoms with van der Waals surface area (Å²) in [5.74, 6) is -2.61. The number of ether oxygens (including phenoxy) is 1. The zero-order valence-electron chi connectivity index (χ0n) is 10.7. The van der Waals surface area contributed by atoms with Crippen LogP contribution in [0.2, 0.25) is 0 Å². The summed E-state index contributed by atoms with van der Waals surface area (Å²) in [6, 6.07) is 1.20. The third-order valence-electron chi connectivity index (χ3n) is 3.30. The van der Waals surface area contributed by atoms with E-state index in [9.17, 15) is 13.6 Å². The van der Waals surface area contributed by atoms with Crippen molar-refractivity contribution < 1.29 is 18.3 Å². The number of hydrogen-bond donors (Lipinski definition) is 0. The van der Waals surface area contributed by atoms with Crippen molar-refractivity contribution in [2.45, 2.75) is 12.8 Å². The zero-order chi connectivity index (χ0) is 13.8. The van der Waals surface area contributed by atoms with Gasteiger partial charge in [-0.3, -0.25) is 4.79 Å². The van der Waals surface area contributed by atoms with Crippen LogP contribution in [-0.4, -0.2) is 42.6 Å². The number of carbonyl (C=O) groups excluding carboxylic acids is 1. The smallest absolute Gasteiger partial charge is 0.256 e. The van der Waals surface area contributed by atoms with E-state index in [1.165, 1.54) is 11.0 Å². The Labute approximate surface area is 110 Å². The third kappa shape index (κ3) is 3.26. The Morgan fingerprint density at radius 1 is 1.47 bits per heavy atom. The van der Waals surface area contributed by atoms with Gasteiger partial charge in [0, 0.05) is 33.0 Å². The molecule has 19 heavy (non-hydrogen) atoms. The van der Waals surface area contributed by atoms with Crippen molar-refractivity contribution in [3.63, 3.8) is 0 Å². The van der Waals surface area contributed by atoms with Crippen LogP contribution in [0.15, 0.2) is 12.3 Å². The first-order chi connectivity index (χ1) is 9.09. The van der Waals surface area contributed by atoms with E-state index in [1.807, 2.05) is 0 Å². The molecule has 0 radical (unpaired) electrons. The van der Waals surface area contributed by atoms with Crippen molar-refractivity contribution in [1.29, 1.82) is 0 Å². The van der Waals surface area contributed by atoms with Crippen LogP contribution in [0.4, 0.5) is 8.78 Å². The molecule has 0 unspecified atom stereocenters. The first-order valence-corrected chi connectivity index (χ1v) is 6.23. The molecular formula is C13H16F2N2O2. The van der Waals surface area contributed by atoms with E-state index in [-0.39, 0.29) is 5.56 Å². The Morgan fingerprint density at radius 3 is 2.84 bits per heavy atom. The third-order valence-corrected chi connectivity index (χ3v) is 3.30. The molecule has 1 aliphatic heterocycles. The highest BCUT2D eigenvalue weighted by molar-refractivity contribution is 5.94. The van der Waals surface area contributed by atoms with E-state index in [0.717, 1.165) is 19.0 Å². The van der Waals surface area contributed by atoms with Gasteiger partial charge in [0.1, 0.15) is 0 Å². The monoisotopic (exact) mass is 270 g/mol. The maximum atomic E-state index is 13.5. The Hall–Kier alpha value is -1.56. The van der Waals surface area contributed by atoms with Crippen molar-refractivity contribution in [2.75, 3.05) is 26.8 Å². The molecule has 6 heteroatoms. The molecule has 0 saturated carbocycles. The van der Waals surface area contributed by atoms with Crippen LogP contribution in [0.1, 0.15) is 23.2 Å². The van der Waals surface area contributed by atoms with Crippen molar-refractivity contribution in [2.24, 2.45) is 5.92 Å². The summed E-state index contributed by atoms with van der Waals surface area (Å²) in [5.41, 5.74) is -0.276. The molecule has 0 N–H and O–H groups in total. The summed E-state index contributed by atoms with van der Waals surface area (Å²) < 4.78 is 31.7. The van der Waals surface area contributed by atoms with Gasteiger partial charge in [0.15, 0.2) is 5.82 Å². The summed E-state index contributed by atoms with van der Waals surface area (Å²) >= 11 is 0. The van der Waals surface area contributed by atoms with Gasteiger partial charge in [-0.25, -0.2) is 9.37 Å². The highest BCUT2D eigenvalue weighted by atomic mass is 19.2. The highest BCUT2D eigenvalue weighted by Gasteiger charge is 2.22. The fraction of sp³-hybridized carbons (Fsp3) is 0.538. The maximum Gasteiger partial charge on any atom is 0.256 e. The molecule has 1 aromatic rings. The standard InChI is InChI=1S/C13H16F2N2O2/c1-17(8-9-3-6-19-7-4-9)13(18)10-2-5-16-12(15)11(10)14/h2,5,9H,3-4,6-8H2,1H3. The van der Waals surface area contributed by atoms with Gasteiger partial charge in [-0.1, -0.05) is 0 Å². The molecule has 0 spiro atoms. The second kappa shape index (κ2) is 6.06. The van der Waals surface area contributed by atoms with Gasteiger partial charge in [0.25, 0.3) is 5.91 Å². The van der Waals surface area contributed by atoms with Gasteiger partial charge in [-0.2, -0.15) is 4.39 Å². The highest BCUT2D eigenvalue weighted by Crippen LogP contribution is 2.17. The van der Waals surface area contributed by atoms with Crippen molar-refractivity contribution in [3.05, 3.63) is 29.6 Å². The predicted octanol–water partition coefficient (Wildman–Crippen LogP) is 1.86. The molecule has 1 fully saturated rings. The molecule has 1 aromatic heterocycles. The van der Waals surface area contributed by atoms with Crippen LogP contribution in [0.5, 0.6) is 0 Å². The number of carbonyl (C=O) groups is 1. The fourth-order valence-electron chi connectivity index (χ4n) is 2.19. The Bertz CT molecular complexity index is 462. The number of halogens is 2. The van der Waals surface area contributed by atoms with E-state index < -0.39 is 17.7 Å². The minimum absolute atomic E-state index is 0.276. The van der Waals surface area contributed by atoms with Gasteiger partial charge >= 0.3 is 0 Å². The van der Waals surface area contributed by atoms with E-state index in [4.69, 9.17) is 4.74 Å². The van der Waals surface area contributed by atoms with Crippen molar-refractivity contribution in [1.82, 2.24) is 9.88 Å². The zero-order valence-corrected chi connectivity index (χ0v) is 10.7. The van der Waals surface area contributed by atoms with Gasteiger partial charge < -0.3 is 9.64 Å². The number of rotatable bonds is 3. The summed E-state index contributed by atoms with van der Waals surface area (Å²) in [4.78, 5) is 16.6. The first-order valence-electron chi connectivity index (χ1n) is 6.23. The number of nitrogens with zero attached hydrogens (tertiary/aromatic N) is 2. The Balaban J connectivity index is 2.03. The summed E-state index contributed by atoms with van der Waals surface area (Å²) in [7, 11) is 1.59. The number of hydrogen-bond acceptors (Lipinski definition) is 3. The lowest BCUT2D eigenvalue weighted by Crippen LogP contribution is -2.34. The predicted molar refractivity (Wildman–Crippen MR) is 64.7 cm³/mol. The van der Waals surface area contributed by atoms with Gasteiger partial charge in [-0.15, -0.1) is 0 Å². The van der Waals surface area contributed by atoms with Crippen LogP contribution in [0, 0.1) is 17.7 Å². The van der Waals surface area contributed by atoms with Crippen LogP contribution in [0.3, 0.4) is 0 Å². The summed E-state index contributed by atoms with van der Waals surface area (Å²) in [6.07, 6.45) is 2.85. The van der Waals surface area contributed by atoms with Crippen LogP contribution in [-0.2, 0) is 4.74 Å². The lowest BCUT2D eigenvalue weighted by atomic mass is 9.99. The van der Waals surface area contributed by atoms with Gasteiger partial charge in [-0.05, 0) is 24.8 Å². The lowest BCUT2D eigenvalue weighted by molar-refractivity contribution is 0.0495. The second-order valence-electron chi connectivity index (χ2n) is 4.70. The molecule has 2 heterocycles. The SMILES string of the molecule is CN(CC1CCOCC1)C(=O)c1ccnc(F)c1F. The minimum atomic E-state index is -1.25. The second-order valence-corrected chi connectivity index (χ2v) is 4.70. The number of aromatic nitrogens is 1. The molecule has 1 aliphatic rings. The largest absolute Gasteiger partial charge is 0.381 e. The van der Waals surface area contributed by atoms with Crippen LogP contribution < -0.4 is 0 Å². The van der Waals surface area contributed by atoms with Crippen LogP contribution >= 0.6 is 0 Å². The molecule has 0 aliphatic carbocycles. The molecule has 0 atom stereocenters. The minimum Gasteiger partial charge on any atom is -0.381 e. The van der Waals surface area contributed by atoms with Gasteiger partial charge in [0.05, 0.1) is 5.56 Å². The molecular weight excluding hydrogens is 254 g/mol. The fourth-order valence-corrected chi connectivity index (χ4v) is 2.19. The number of pyridine rings is 1. The molecule has 0 bridgehead atoms. The first kappa shape index (κ1) is 13.9. The molecule has 104 valence electrons. The van der Waals surface area contributed by atoms with Gasteiger partial charge in [0.2, 0.25) is 5.95 Å². The average molecular weight is 270 g/mol. The molecule has 4 nitrogen and oxygen atoms in total. The van der Waals surface area contributed by atoms with Crippen molar-refractivity contribution in [3.8, 4) is 0 Å². The van der Waals surface area contributed by atoms with Crippen LogP contribution in [0.25, 0.3) is 0 Å². The Kier molecular flexibility index (Phi) is 4.42. The molecule has 1 saturated heterocycles. The van der Waals surface area contributed by atoms with E-state index in [2.05, 4.69) is 4.98 Å². The van der Waals surface area contributed by atoms with Crippen molar-refractivity contribution >= 4 is 5.91 Å². The topological polar surface area (TPSA) is 42.4 Å². The van der Waals surface area contributed by atoms with E-state index >= 15 is 0 Å².